The Kier molecular flexibility index (Phi) is 1.98. The molecule has 0 amide bonds. The number of aromatic amines is 1. The zero-order valence-corrected chi connectivity index (χ0v) is 6.33. The monoisotopic (exact) mass is 156 g/mol. The quantitative estimate of drug-likeness (QED) is 0.318. The van der Waals surface area contributed by atoms with Crippen LogP contribution in [0.25, 0.3) is 0 Å². The normalized spacial score (nSPS) is 9.40. The summed E-state index contributed by atoms with van der Waals surface area (Å²) in [6.07, 6.45) is 1.66. The van der Waals surface area contributed by atoms with Crippen LogP contribution in [0.3, 0.4) is 0 Å². The van der Waals surface area contributed by atoms with Crippen LogP contribution < -0.4 is 11.3 Å². The molecule has 0 bridgehead atoms. The first-order chi connectivity index (χ1) is 4.74. The van der Waals surface area contributed by atoms with Crippen LogP contribution in [0.5, 0.6) is 0 Å². The lowest BCUT2D eigenvalue weighted by Gasteiger charge is -2.01. The number of nitrogens with one attached hydrogen (secondary N) is 2. The van der Waals surface area contributed by atoms with Crippen molar-refractivity contribution in [1.29, 1.82) is 0 Å². The van der Waals surface area contributed by atoms with Crippen LogP contribution in [0.15, 0.2) is 6.20 Å². The lowest BCUT2D eigenvalue weighted by molar-refractivity contribution is 1.08. The molecule has 0 spiro atoms. The highest BCUT2D eigenvalue weighted by Gasteiger charge is 1.92. The van der Waals surface area contributed by atoms with E-state index < -0.39 is 0 Å². The van der Waals surface area contributed by atoms with Gasteiger partial charge in [-0.1, -0.05) is 0 Å². The van der Waals surface area contributed by atoms with Crippen molar-refractivity contribution in [2.24, 2.45) is 5.84 Å². The molecular weight excluding hydrogens is 148 g/mol. The summed E-state index contributed by atoms with van der Waals surface area (Å²) in [4.78, 5) is 6.64. The summed E-state index contributed by atoms with van der Waals surface area (Å²) in [6.45, 7) is 1.88. The molecule has 0 aliphatic heterocycles. The van der Waals surface area contributed by atoms with Crippen molar-refractivity contribution in [3.8, 4) is 0 Å². The third kappa shape index (κ3) is 1.31. The molecule has 0 aliphatic rings. The summed E-state index contributed by atoms with van der Waals surface area (Å²) in [5.41, 5.74) is 3.41. The SMILES string of the molecule is Cc1cnc(=S)[nH]c1NN. The van der Waals surface area contributed by atoms with Crippen molar-refractivity contribution in [3.05, 3.63) is 16.5 Å². The molecule has 0 atom stereocenters. The van der Waals surface area contributed by atoms with Gasteiger partial charge in [-0.15, -0.1) is 0 Å². The first-order valence-corrected chi connectivity index (χ1v) is 3.17. The third-order valence-corrected chi connectivity index (χ3v) is 1.35. The largest absolute Gasteiger partial charge is 0.316 e. The van der Waals surface area contributed by atoms with Gasteiger partial charge in [0.25, 0.3) is 0 Å². The fourth-order valence-electron chi connectivity index (χ4n) is 0.608. The standard InChI is InChI=1S/C5H8N4S/c1-3-2-7-5(10)8-4(3)9-6/h2H,6H2,1H3,(H2,7,8,9,10). The molecule has 1 heterocycles. The number of nitrogens with zero attached hydrogens (tertiary/aromatic N) is 1. The Morgan fingerprint density at radius 1 is 1.80 bits per heavy atom. The number of nitrogens with two attached hydrogens (primary N) is 1. The maximum Gasteiger partial charge on any atom is 0.198 e. The number of anilines is 1. The molecule has 4 nitrogen and oxygen atoms in total. The zero-order valence-electron chi connectivity index (χ0n) is 5.51. The van der Waals surface area contributed by atoms with Gasteiger partial charge < -0.3 is 10.4 Å². The van der Waals surface area contributed by atoms with Crippen LogP contribution >= 0.6 is 12.2 Å². The Balaban J connectivity index is 3.22. The summed E-state index contributed by atoms with van der Waals surface area (Å²) in [5.74, 6) is 5.87. The Morgan fingerprint density at radius 2 is 2.50 bits per heavy atom. The van der Waals surface area contributed by atoms with E-state index in [2.05, 4.69) is 15.4 Å². The Labute approximate surface area is 63.5 Å². The van der Waals surface area contributed by atoms with Crippen LogP contribution in [0.1, 0.15) is 5.56 Å². The molecule has 0 fully saturated rings. The van der Waals surface area contributed by atoms with E-state index in [4.69, 9.17) is 18.1 Å². The van der Waals surface area contributed by atoms with E-state index in [1.807, 2.05) is 6.92 Å². The first kappa shape index (κ1) is 7.17. The smallest absolute Gasteiger partial charge is 0.198 e. The average molecular weight is 156 g/mol. The van der Waals surface area contributed by atoms with Crippen LogP contribution in [0.2, 0.25) is 0 Å². The molecule has 0 aliphatic carbocycles. The van der Waals surface area contributed by atoms with E-state index in [0.717, 1.165) is 5.56 Å². The molecule has 5 heteroatoms. The third-order valence-electron chi connectivity index (χ3n) is 1.15. The van der Waals surface area contributed by atoms with Gasteiger partial charge in [-0.2, -0.15) is 0 Å². The molecule has 1 aromatic rings. The maximum absolute atomic E-state index is 5.16. The minimum atomic E-state index is 0.429. The number of aryl methyl sites for hydroxylation is 1. The van der Waals surface area contributed by atoms with Crippen molar-refractivity contribution in [3.63, 3.8) is 0 Å². The highest BCUT2D eigenvalue weighted by atomic mass is 32.1. The summed E-state index contributed by atoms with van der Waals surface area (Å²) in [5, 5.41) is 0. The van der Waals surface area contributed by atoms with Crippen LogP contribution in [0, 0.1) is 11.7 Å². The molecule has 54 valence electrons. The molecule has 0 radical (unpaired) electrons. The number of hydrogen-bond donors (Lipinski definition) is 3. The zero-order chi connectivity index (χ0) is 7.56. The van der Waals surface area contributed by atoms with Crippen molar-refractivity contribution in [2.45, 2.75) is 6.92 Å². The minimum absolute atomic E-state index is 0.429. The fourth-order valence-corrected chi connectivity index (χ4v) is 0.762. The van der Waals surface area contributed by atoms with Crippen LogP contribution in [-0.2, 0) is 0 Å². The fraction of sp³-hybridized carbons (Fsp3) is 0.200. The number of H-pyrrole nitrogens is 1. The van der Waals surface area contributed by atoms with Gasteiger partial charge in [0, 0.05) is 11.8 Å². The van der Waals surface area contributed by atoms with E-state index in [1.54, 1.807) is 6.20 Å². The van der Waals surface area contributed by atoms with Crippen LogP contribution in [-0.4, -0.2) is 9.97 Å². The molecule has 0 unspecified atom stereocenters. The summed E-state index contributed by atoms with van der Waals surface area (Å²) >= 11 is 4.76. The van der Waals surface area contributed by atoms with Gasteiger partial charge >= 0.3 is 0 Å². The highest BCUT2D eigenvalue weighted by Crippen LogP contribution is 2.05. The highest BCUT2D eigenvalue weighted by molar-refractivity contribution is 7.71. The number of aromatic nitrogens is 2. The summed E-state index contributed by atoms with van der Waals surface area (Å²) in [7, 11) is 0. The Hall–Kier alpha value is -0.940. The molecule has 0 aromatic carbocycles. The van der Waals surface area contributed by atoms with Gasteiger partial charge in [0.05, 0.1) is 0 Å². The van der Waals surface area contributed by atoms with Crippen molar-refractivity contribution in [1.82, 2.24) is 9.97 Å². The molecular formula is C5H8N4S. The molecule has 1 aromatic heterocycles. The summed E-state index contributed by atoms with van der Waals surface area (Å²) in [6, 6.07) is 0. The van der Waals surface area contributed by atoms with Gasteiger partial charge in [-0.05, 0) is 19.1 Å². The number of rotatable bonds is 1. The minimum Gasteiger partial charge on any atom is -0.316 e. The van der Waals surface area contributed by atoms with Crippen LogP contribution in [0.4, 0.5) is 5.82 Å². The van der Waals surface area contributed by atoms with Crippen molar-refractivity contribution >= 4 is 18.0 Å². The first-order valence-electron chi connectivity index (χ1n) is 2.76. The van der Waals surface area contributed by atoms with E-state index >= 15 is 0 Å². The Morgan fingerprint density at radius 3 is 3.00 bits per heavy atom. The predicted octanol–water partition coefficient (Wildman–Crippen LogP) is 0.733. The molecule has 1 rings (SSSR count). The Bertz CT molecular complexity index is 279. The lowest BCUT2D eigenvalue weighted by Crippen LogP contribution is -2.10. The molecule has 0 saturated heterocycles. The molecule has 0 saturated carbocycles. The van der Waals surface area contributed by atoms with E-state index in [9.17, 15) is 0 Å². The van der Waals surface area contributed by atoms with Crippen molar-refractivity contribution < 1.29 is 0 Å². The number of hydrazine groups is 1. The van der Waals surface area contributed by atoms with E-state index in [-0.39, 0.29) is 0 Å². The van der Waals surface area contributed by atoms with Gasteiger partial charge in [-0.25, -0.2) is 10.8 Å². The summed E-state index contributed by atoms with van der Waals surface area (Å²) < 4.78 is 0.429. The lowest BCUT2D eigenvalue weighted by atomic mass is 10.4. The average Bonchev–Trinajstić information content (AvgIpc) is 1.94. The van der Waals surface area contributed by atoms with Crippen molar-refractivity contribution in [2.75, 3.05) is 5.43 Å². The van der Waals surface area contributed by atoms with Gasteiger partial charge in [0.15, 0.2) is 4.77 Å². The second-order valence-corrected chi connectivity index (χ2v) is 2.28. The van der Waals surface area contributed by atoms with Gasteiger partial charge in [0.1, 0.15) is 5.82 Å². The second kappa shape index (κ2) is 2.76. The second-order valence-electron chi connectivity index (χ2n) is 1.89. The van der Waals surface area contributed by atoms with E-state index in [0.29, 0.717) is 10.6 Å². The van der Waals surface area contributed by atoms with Gasteiger partial charge in [0.2, 0.25) is 0 Å². The molecule has 4 N–H and O–H groups in total. The molecule has 10 heavy (non-hydrogen) atoms. The van der Waals surface area contributed by atoms with E-state index in [1.165, 1.54) is 0 Å². The number of hydrogen-bond acceptors (Lipinski definition) is 4. The predicted molar refractivity (Wildman–Crippen MR) is 42.0 cm³/mol. The maximum atomic E-state index is 5.16. The van der Waals surface area contributed by atoms with Gasteiger partial charge in [-0.3, -0.25) is 0 Å². The number of nitrogen functional groups attached to an aromatic ring is 1. The topological polar surface area (TPSA) is 66.7 Å².